The molecule has 2 atom stereocenters. The Morgan fingerprint density at radius 3 is 2.58 bits per heavy atom. The van der Waals surface area contributed by atoms with Crippen LogP contribution >= 0.6 is 0 Å². The summed E-state index contributed by atoms with van der Waals surface area (Å²) in [5.74, 6) is -0.641. The molecule has 3 nitrogen and oxygen atoms in total. The first-order chi connectivity index (χ1) is 8.97. The van der Waals surface area contributed by atoms with Gasteiger partial charge in [0.1, 0.15) is 5.82 Å². The summed E-state index contributed by atoms with van der Waals surface area (Å²) in [5, 5.41) is 8.63. The van der Waals surface area contributed by atoms with Crippen molar-refractivity contribution in [2.75, 3.05) is 0 Å². The molecule has 0 spiro atoms. The second-order valence-electron chi connectivity index (χ2n) is 5.22. The third-order valence-electron chi connectivity index (χ3n) is 3.22. The van der Waals surface area contributed by atoms with Crippen molar-refractivity contribution in [2.45, 2.75) is 45.1 Å². The van der Waals surface area contributed by atoms with E-state index in [4.69, 9.17) is 10.8 Å². The van der Waals surface area contributed by atoms with E-state index in [-0.39, 0.29) is 18.3 Å². The lowest BCUT2D eigenvalue weighted by Gasteiger charge is -2.15. The maximum Gasteiger partial charge on any atom is 0.304 e. The van der Waals surface area contributed by atoms with Crippen molar-refractivity contribution in [3.8, 4) is 0 Å². The molecule has 4 heteroatoms. The molecule has 106 valence electrons. The molecular weight excluding hydrogens is 245 g/mol. The van der Waals surface area contributed by atoms with E-state index < -0.39 is 5.97 Å². The first-order valence-electron chi connectivity index (χ1n) is 6.69. The minimum absolute atomic E-state index is 0.0301. The monoisotopic (exact) mass is 267 g/mol. The molecule has 0 saturated carbocycles. The molecule has 0 aliphatic rings. The van der Waals surface area contributed by atoms with Crippen LogP contribution in [0.4, 0.5) is 4.39 Å². The van der Waals surface area contributed by atoms with Gasteiger partial charge in [-0.25, -0.2) is 4.39 Å². The number of carboxylic acids is 1. The van der Waals surface area contributed by atoms with Crippen LogP contribution in [0.2, 0.25) is 0 Å². The minimum Gasteiger partial charge on any atom is -0.481 e. The van der Waals surface area contributed by atoms with Gasteiger partial charge in [0.25, 0.3) is 0 Å². The Bertz CT molecular complexity index is 392. The highest BCUT2D eigenvalue weighted by molar-refractivity contribution is 5.67. The first-order valence-corrected chi connectivity index (χ1v) is 6.69. The summed E-state index contributed by atoms with van der Waals surface area (Å²) in [6, 6.07) is 6.29. The van der Waals surface area contributed by atoms with E-state index in [2.05, 4.69) is 6.92 Å². The van der Waals surface area contributed by atoms with Crippen LogP contribution in [-0.4, -0.2) is 17.1 Å². The predicted octanol–water partition coefficient (Wildman–Crippen LogP) is 2.98. The summed E-state index contributed by atoms with van der Waals surface area (Å²) in [5.41, 5.74) is 6.88. The van der Waals surface area contributed by atoms with E-state index in [0.717, 1.165) is 31.2 Å². The third-order valence-corrected chi connectivity index (χ3v) is 3.22. The van der Waals surface area contributed by atoms with Crippen LogP contribution in [0.1, 0.15) is 38.2 Å². The van der Waals surface area contributed by atoms with Crippen LogP contribution in [0.3, 0.4) is 0 Å². The van der Waals surface area contributed by atoms with Crippen molar-refractivity contribution >= 4 is 5.97 Å². The van der Waals surface area contributed by atoms with Crippen molar-refractivity contribution < 1.29 is 14.3 Å². The van der Waals surface area contributed by atoms with Crippen LogP contribution in [0.15, 0.2) is 24.3 Å². The van der Waals surface area contributed by atoms with Gasteiger partial charge >= 0.3 is 5.97 Å². The smallest absolute Gasteiger partial charge is 0.304 e. The minimum atomic E-state index is -0.842. The Morgan fingerprint density at radius 1 is 1.37 bits per heavy atom. The maximum atomic E-state index is 12.7. The van der Waals surface area contributed by atoms with E-state index in [1.54, 1.807) is 12.1 Å². The maximum absolute atomic E-state index is 12.7. The van der Waals surface area contributed by atoms with Crippen molar-refractivity contribution in [2.24, 2.45) is 11.7 Å². The Labute approximate surface area is 113 Å². The van der Waals surface area contributed by atoms with Gasteiger partial charge in [0.15, 0.2) is 0 Å². The van der Waals surface area contributed by atoms with Gasteiger partial charge in [-0.3, -0.25) is 4.79 Å². The lowest BCUT2D eigenvalue weighted by molar-refractivity contribution is -0.137. The van der Waals surface area contributed by atoms with E-state index in [9.17, 15) is 9.18 Å². The van der Waals surface area contributed by atoms with Gasteiger partial charge in [-0.2, -0.15) is 0 Å². The van der Waals surface area contributed by atoms with Gasteiger partial charge in [-0.05, 0) is 42.9 Å². The zero-order chi connectivity index (χ0) is 14.3. The van der Waals surface area contributed by atoms with Crippen LogP contribution in [-0.2, 0) is 11.2 Å². The Hall–Kier alpha value is -1.42. The SMILES string of the molecule is CC(CCCc1ccc(F)cc1)CC(N)CC(=O)O. The normalized spacial score (nSPS) is 14.1. The molecule has 1 aromatic carbocycles. The van der Waals surface area contributed by atoms with E-state index in [1.165, 1.54) is 12.1 Å². The van der Waals surface area contributed by atoms with Gasteiger partial charge in [0.05, 0.1) is 6.42 Å². The zero-order valence-electron chi connectivity index (χ0n) is 11.3. The van der Waals surface area contributed by atoms with Gasteiger partial charge in [0.2, 0.25) is 0 Å². The number of halogens is 1. The number of hydrogen-bond donors (Lipinski definition) is 2. The predicted molar refractivity (Wildman–Crippen MR) is 73.3 cm³/mol. The number of carbonyl (C=O) groups is 1. The molecule has 19 heavy (non-hydrogen) atoms. The number of benzene rings is 1. The average Bonchev–Trinajstić information content (AvgIpc) is 2.30. The number of aryl methyl sites for hydroxylation is 1. The number of nitrogens with two attached hydrogens (primary N) is 1. The fourth-order valence-corrected chi connectivity index (χ4v) is 2.25. The molecule has 1 aromatic rings. The topological polar surface area (TPSA) is 63.3 Å². The summed E-state index contributed by atoms with van der Waals surface area (Å²) in [7, 11) is 0. The highest BCUT2D eigenvalue weighted by atomic mass is 19.1. The summed E-state index contributed by atoms with van der Waals surface area (Å²) in [6.07, 6.45) is 3.69. The van der Waals surface area contributed by atoms with Crippen LogP contribution < -0.4 is 5.73 Å². The zero-order valence-corrected chi connectivity index (χ0v) is 11.3. The summed E-state index contributed by atoms with van der Waals surface area (Å²) in [4.78, 5) is 10.5. The average molecular weight is 267 g/mol. The summed E-state index contributed by atoms with van der Waals surface area (Å²) in [6.45, 7) is 2.09. The fraction of sp³-hybridized carbons (Fsp3) is 0.533. The van der Waals surface area contributed by atoms with Crippen molar-refractivity contribution in [1.29, 1.82) is 0 Å². The lowest BCUT2D eigenvalue weighted by atomic mass is 9.94. The number of aliphatic carboxylic acids is 1. The molecule has 0 aromatic heterocycles. The molecule has 0 aliphatic carbocycles. The molecule has 0 fully saturated rings. The molecule has 0 heterocycles. The summed E-state index contributed by atoms with van der Waals surface area (Å²) >= 11 is 0. The molecule has 0 saturated heterocycles. The standard InChI is InChI=1S/C15H22FNO2/c1-11(9-14(17)10-15(18)19)3-2-4-12-5-7-13(16)8-6-12/h5-8,11,14H,2-4,9-10,17H2,1H3,(H,18,19). The second kappa shape index (κ2) is 7.89. The van der Waals surface area contributed by atoms with Crippen molar-refractivity contribution in [1.82, 2.24) is 0 Å². The number of hydrogen-bond acceptors (Lipinski definition) is 2. The Kier molecular flexibility index (Phi) is 6.50. The molecular formula is C15H22FNO2. The van der Waals surface area contributed by atoms with Gasteiger partial charge in [-0.1, -0.05) is 25.5 Å². The highest BCUT2D eigenvalue weighted by Crippen LogP contribution is 2.16. The second-order valence-corrected chi connectivity index (χ2v) is 5.22. The van der Waals surface area contributed by atoms with Crippen molar-refractivity contribution in [3.63, 3.8) is 0 Å². The van der Waals surface area contributed by atoms with Crippen LogP contribution in [0, 0.1) is 11.7 Å². The molecule has 2 unspecified atom stereocenters. The van der Waals surface area contributed by atoms with Crippen molar-refractivity contribution in [3.05, 3.63) is 35.6 Å². The van der Waals surface area contributed by atoms with E-state index in [0.29, 0.717) is 5.92 Å². The highest BCUT2D eigenvalue weighted by Gasteiger charge is 2.12. The van der Waals surface area contributed by atoms with Gasteiger partial charge in [-0.15, -0.1) is 0 Å². The number of rotatable bonds is 8. The largest absolute Gasteiger partial charge is 0.481 e. The summed E-state index contributed by atoms with van der Waals surface area (Å²) < 4.78 is 12.7. The molecule has 0 amide bonds. The molecule has 0 bridgehead atoms. The molecule has 1 rings (SSSR count). The van der Waals surface area contributed by atoms with E-state index in [1.807, 2.05) is 0 Å². The first kappa shape index (κ1) is 15.6. The van der Waals surface area contributed by atoms with Crippen LogP contribution in [0.5, 0.6) is 0 Å². The Balaban J connectivity index is 2.21. The molecule has 0 radical (unpaired) electrons. The van der Waals surface area contributed by atoms with Crippen LogP contribution in [0.25, 0.3) is 0 Å². The molecule has 3 N–H and O–H groups in total. The van der Waals surface area contributed by atoms with Gasteiger partial charge in [0, 0.05) is 6.04 Å². The third kappa shape index (κ3) is 6.91. The fourth-order valence-electron chi connectivity index (χ4n) is 2.25. The van der Waals surface area contributed by atoms with Gasteiger partial charge < -0.3 is 10.8 Å². The van der Waals surface area contributed by atoms with E-state index >= 15 is 0 Å². The number of carboxylic acid groups (broad SMARTS) is 1. The molecule has 0 aliphatic heterocycles. The Morgan fingerprint density at radius 2 is 2.00 bits per heavy atom. The quantitative estimate of drug-likeness (QED) is 0.761. The lowest BCUT2D eigenvalue weighted by Crippen LogP contribution is -2.26.